The number of aromatic nitrogens is 1. The number of hydrogen-bond acceptors (Lipinski definition) is 7. The topological polar surface area (TPSA) is 93.5 Å². The highest BCUT2D eigenvalue weighted by Gasteiger charge is 2.20. The summed E-state index contributed by atoms with van der Waals surface area (Å²) in [6.07, 6.45) is 0.264. The fourth-order valence-electron chi connectivity index (χ4n) is 4.06. The predicted molar refractivity (Wildman–Crippen MR) is 155 cm³/mol. The molecule has 0 fully saturated rings. The first-order chi connectivity index (χ1) is 19.0. The van der Waals surface area contributed by atoms with Gasteiger partial charge < -0.3 is 19.5 Å². The molecule has 1 heterocycles. The van der Waals surface area contributed by atoms with E-state index >= 15 is 0 Å². The van der Waals surface area contributed by atoms with Crippen LogP contribution in [0, 0.1) is 18.3 Å². The van der Waals surface area contributed by atoms with Gasteiger partial charge in [0.15, 0.2) is 11.5 Å². The van der Waals surface area contributed by atoms with Crippen molar-refractivity contribution in [1.29, 1.82) is 5.26 Å². The Morgan fingerprint density at radius 3 is 2.18 bits per heavy atom. The second-order valence-electron chi connectivity index (χ2n) is 8.64. The fourth-order valence-corrected chi connectivity index (χ4v) is 5.00. The minimum Gasteiger partial charge on any atom is -0.493 e. The number of amides is 1. The summed E-state index contributed by atoms with van der Waals surface area (Å²) in [6, 6.07) is 25.3. The van der Waals surface area contributed by atoms with Gasteiger partial charge >= 0.3 is 0 Å². The third kappa shape index (κ3) is 6.51. The number of rotatable bonds is 10. The van der Waals surface area contributed by atoms with Crippen LogP contribution in [-0.4, -0.2) is 38.0 Å². The molecule has 1 N–H and O–H groups in total. The first kappa shape index (κ1) is 27.6. The molecule has 4 rings (SSSR count). The molecule has 1 amide bonds. The Morgan fingerprint density at radius 1 is 0.923 bits per heavy atom. The summed E-state index contributed by atoms with van der Waals surface area (Å²) in [7, 11) is 4.65. The van der Waals surface area contributed by atoms with Gasteiger partial charge in [0.1, 0.15) is 11.1 Å². The maximum Gasteiger partial charge on any atom is 0.225 e. The number of thioether (sulfide) groups is 1. The molecule has 1 aromatic heterocycles. The smallest absolute Gasteiger partial charge is 0.225 e. The minimum absolute atomic E-state index is 0.103. The molecule has 0 spiro atoms. The zero-order valence-corrected chi connectivity index (χ0v) is 23.1. The largest absolute Gasteiger partial charge is 0.493 e. The van der Waals surface area contributed by atoms with Gasteiger partial charge in [0.05, 0.1) is 32.6 Å². The first-order valence-electron chi connectivity index (χ1n) is 12.3. The average Bonchev–Trinajstić information content (AvgIpc) is 2.97. The van der Waals surface area contributed by atoms with Crippen LogP contribution in [0.5, 0.6) is 17.2 Å². The first-order valence-corrected chi connectivity index (χ1v) is 13.3. The lowest BCUT2D eigenvalue weighted by atomic mass is 9.98. The second-order valence-corrected chi connectivity index (χ2v) is 9.72. The van der Waals surface area contributed by atoms with E-state index in [0.29, 0.717) is 44.8 Å². The molecule has 0 aliphatic heterocycles. The van der Waals surface area contributed by atoms with Gasteiger partial charge in [-0.15, -0.1) is 11.8 Å². The van der Waals surface area contributed by atoms with Gasteiger partial charge in [-0.2, -0.15) is 5.26 Å². The number of nitriles is 1. The molecule has 198 valence electrons. The number of hydrogen-bond donors (Lipinski definition) is 1. The summed E-state index contributed by atoms with van der Waals surface area (Å²) in [5.74, 6) is 1.78. The molecule has 0 atom stereocenters. The molecule has 3 aromatic carbocycles. The van der Waals surface area contributed by atoms with Crippen LogP contribution in [-0.2, 0) is 4.79 Å². The lowest BCUT2D eigenvalue weighted by Gasteiger charge is -2.16. The summed E-state index contributed by atoms with van der Waals surface area (Å²) >= 11 is 1.38. The lowest BCUT2D eigenvalue weighted by Crippen LogP contribution is -2.12. The van der Waals surface area contributed by atoms with Crippen LogP contribution in [0.2, 0.25) is 0 Å². The minimum atomic E-state index is -0.103. The van der Waals surface area contributed by atoms with E-state index in [2.05, 4.69) is 11.4 Å². The average molecular weight is 540 g/mol. The van der Waals surface area contributed by atoms with E-state index in [1.165, 1.54) is 11.8 Å². The van der Waals surface area contributed by atoms with Gasteiger partial charge in [-0.3, -0.25) is 4.79 Å². The van der Waals surface area contributed by atoms with E-state index in [-0.39, 0.29) is 12.3 Å². The van der Waals surface area contributed by atoms with Gasteiger partial charge in [0.2, 0.25) is 11.7 Å². The van der Waals surface area contributed by atoms with Gasteiger partial charge in [-0.05, 0) is 42.8 Å². The molecular weight excluding hydrogens is 510 g/mol. The fraction of sp³-hybridized carbons (Fsp3) is 0.194. The van der Waals surface area contributed by atoms with Gasteiger partial charge in [0.25, 0.3) is 0 Å². The molecular formula is C31H29N3O4S. The Kier molecular flexibility index (Phi) is 9.08. The maximum absolute atomic E-state index is 12.6. The SMILES string of the molecule is COc1cc(-c2cc(-c3ccccc3)nc(SCCC(=O)Nc3ccc(C)cc3)c2C#N)cc(OC)c1OC. The number of carbonyl (C=O) groups is 1. The van der Waals surface area contributed by atoms with Crippen LogP contribution in [0.4, 0.5) is 5.69 Å². The number of methoxy groups -OCH3 is 3. The quantitative estimate of drug-likeness (QED) is 0.223. The van der Waals surface area contributed by atoms with Crippen LogP contribution in [0.25, 0.3) is 22.4 Å². The zero-order chi connectivity index (χ0) is 27.8. The molecule has 0 unspecified atom stereocenters. The zero-order valence-electron chi connectivity index (χ0n) is 22.3. The monoisotopic (exact) mass is 539 g/mol. The highest BCUT2D eigenvalue weighted by atomic mass is 32.2. The highest BCUT2D eigenvalue weighted by Crippen LogP contribution is 2.43. The van der Waals surface area contributed by atoms with E-state index < -0.39 is 0 Å². The molecule has 7 nitrogen and oxygen atoms in total. The van der Waals surface area contributed by atoms with E-state index in [1.807, 2.05) is 79.7 Å². The van der Waals surface area contributed by atoms with Crippen molar-refractivity contribution in [3.8, 4) is 45.7 Å². The number of aryl methyl sites for hydroxylation is 1. The van der Waals surface area contributed by atoms with Crippen molar-refractivity contribution in [3.05, 3.63) is 83.9 Å². The predicted octanol–water partition coefficient (Wildman–Crippen LogP) is 6.74. The highest BCUT2D eigenvalue weighted by molar-refractivity contribution is 7.99. The molecule has 8 heteroatoms. The van der Waals surface area contributed by atoms with Crippen LogP contribution in [0.3, 0.4) is 0 Å². The third-order valence-electron chi connectivity index (χ3n) is 6.05. The van der Waals surface area contributed by atoms with Crippen molar-refractivity contribution in [2.75, 3.05) is 32.4 Å². The van der Waals surface area contributed by atoms with E-state index in [9.17, 15) is 10.1 Å². The molecule has 0 aliphatic rings. The Bertz CT molecular complexity index is 1470. The van der Waals surface area contributed by atoms with Gasteiger partial charge in [-0.1, -0.05) is 48.0 Å². The summed E-state index contributed by atoms with van der Waals surface area (Å²) < 4.78 is 16.6. The molecule has 0 radical (unpaired) electrons. The molecule has 0 saturated carbocycles. The van der Waals surface area contributed by atoms with Gasteiger partial charge in [-0.25, -0.2) is 4.98 Å². The van der Waals surface area contributed by atoms with Crippen molar-refractivity contribution in [1.82, 2.24) is 4.98 Å². The Hall–Kier alpha value is -4.48. The third-order valence-corrected chi connectivity index (χ3v) is 7.02. The number of nitrogens with one attached hydrogen (secondary N) is 1. The standard InChI is InChI=1S/C31H29N3O4S/c1-20-10-12-23(13-11-20)33-29(35)14-15-39-31-25(19-32)24(18-26(34-31)21-8-6-5-7-9-21)22-16-27(36-2)30(38-4)28(17-22)37-3/h5-13,16-18H,14-15H2,1-4H3,(H,33,35). The number of benzene rings is 3. The Morgan fingerprint density at radius 2 is 1.59 bits per heavy atom. The van der Waals surface area contributed by atoms with Crippen LogP contribution in [0.15, 0.2) is 77.8 Å². The Labute approximate surface area is 232 Å². The van der Waals surface area contributed by atoms with Crippen LogP contribution >= 0.6 is 11.8 Å². The second kappa shape index (κ2) is 12.9. The summed E-state index contributed by atoms with van der Waals surface area (Å²) in [4.78, 5) is 17.4. The number of ether oxygens (including phenoxy) is 3. The van der Waals surface area contributed by atoms with Crippen molar-refractivity contribution >= 4 is 23.4 Å². The van der Waals surface area contributed by atoms with Crippen molar-refractivity contribution in [3.63, 3.8) is 0 Å². The van der Waals surface area contributed by atoms with E-state index in [1.54, 1.807) is 21.3 Å². The summed E-state index contributed by atoms with van der Waals surface area (Å²) in [5.41, 5.74) is 5.31. The van der Waals surface area contributed by atoms with E-state index in [4.69, 9.17) is 19.2 Å². The maximum atomic E-state index is 12.6. The summed E-state index contributed by atoms with van der Waals surface area (Å²) in [6.45, 7) is 2.00. The normalized spacial score (nSPS) is 10.4. The molecule has 4 aromatic rings. The Balaban J connectivity index is 1.70. The van der Waals surface area contributed by atoms with Crippen LogP contribution < -0.4 is 19.5 Å². The molecule has 39 heavy (non-hydrogen) atoms. The number of anilines is 1. The van der Waals surface area contributed by atoms with Gasteiger partial charge in [0, 0.05) is 29.0 Å². The molecule has 0 bridgehead atoms. The number of nitrogens with zero attached hydrogens (tertiary/aromatic N) is 2. The molecule has 0 saturated heterocycles. The number of pyridine rings is 1. The van der Waals surface area contributed by atoms with E-state index in [0.717, 1.165) is 22.4 Å². The van der Waals surface area contributed by atoms with Crippen molar-refractivity contribution in [2.45, 2.75) is 18.4 Å². The lowest BCUT2D eigenvalue weighted by molar-refractivity contribution is -0.115. The van der Waals surface area contributed by atoms with Crippen molar-refractivity contribution in [2.24, 2.45) is 0 Å². The summed E-state index contributed by atoms with van der Waals surface area (Å²) in [5, 5.41) is 13.7. The number of carbonyl (C=O) groups excluding carboxylic acids is 1. The van der Waals surface area contributed by atoms with Crippen LogP contribution in [0.1, 0.15) is 17.5 Å². The van der Waals surface area contributed by atoms with Crippen molar-refractivity contribution < 1.29 is 19.0 Å². The molecule has 0 aliphatic carbocycles.